The molecule has 4 rings (SSSR count). The second kappa shape index (κ2) is 7.47. The first-order valence-corrected chi connectivity index (χ1v) is 9.45. The molecule has 0 saturated carbocycles. The van der Waals surface area contributed by atoms with Crippen LogP contribution >= 0.6 is 11.3 Å². The molecule has 0 unspecified atom stereocenters. The maximum atomic E-state index is 13.6. The lowest BCUT2D eigenvalue weighted by molar-refractivity contribution is 0.0952. The molecule has 3 heterocycles. The summed E-state index contributed by atoms with van der Waals surface area (Å²) in [5, 5.41) is 8.67. The predicted molar refractivity (Wildman–Crippen MR) is 104 cm³/mol. The zero-order chi connectivity index (χ0) is 19.7. The van der Waals surface area contributed by atoms with Crippen molar-refractivity contribution in [3.05, 3.63) is 75.7 Å². The molecule has 1 N–H and O–H groups in total. The second-order valence-corrected chi connectivity index (χ2v) is 7.32. The number of halogens is 2. The Morgan fingerprint density at radius 2 is 2.04 bits per heavy atom. The van der Waals surface area contributed by atoms with Crippen molar-refractivity contribution in [2.24, 2.45) is 0 Å². The first-order chi connectivity index (χ1) is 13.5. The summed E-state index contributed by atoms with van der Waals surface area (Å²) in [6.07, 6.45) is -1.48. The third-order valence-corrected chi connectivity index (χ3v) is 5.19. The van der Waals surface area contributed by atoms with Crippen LogP contribution in [0.5, 0.6) is 0 Å². The van der Waals surface area contributed by atoms with Crippen LogP contribution < -0.4 is 5.32 Å². The molecule has 142 valence electrons. The molecule has 0 radical (unpaired) electrons. The summed E-state index contributed by atoms with van der Waals surface area (Å²) >= 11 is 1.52. The minimum Gasteiger partial charge on any atom is -0.347 e. The molecule has 0 fully saturated rings. The molecule has 4 aromatic rings. The number of rotatable bonds is 5. The van der Waals surface area contributed by atoms with Crippen molar-refractivity contribution in [3.8, 4) is 11.3 Å². The Kier molecular flexibility index (Phi) is 4.87. The molecule has 1 aromatic carbocycles. The van der Waals surface area contributed by atoms with Crippen LogP contribution in [0.3, 0.4) is 0 Å². The van der Waals surface area contributed by atoms with Gasteiger partial charge in [-0.25, -0.2) is 18.3 Å². The largest absolute Gasteiger partial charge is 0.347 e. The zero-order valence-corrected chi connectivity index (χ0v) is 15.7. The Balaban J connectivity index is 1.75. The van der Waals surface area contributed by atoms with E-state index in [-0.39, 0.29) is 16.9 Å². The predicted octanol–water partition coefficient (Wildman–Crippen LogP) is 4.63. The third kappa shape index (κ3) is 3.50. The third-order valence-electron chi connectivity index (χ3n) is 4.32. The van der Waals surface area contributed by atoms with Crippen molar-refractivity contribution >= 4 is 22.9 Å². The molecule has 0 aliphatic carbocycles. The van der Waals surface area contributed by atoms with Gasteiger partial charge in [-0.1, -0.05) is 35.9 Å². The van der Waals surface area contributed by atoms with E-state index in [2.05, 4.69) is 15.4 Å². The first kappa shape index (κ1) is 18.2. The number of benzene rings is 1. The maximum Gasteiger partial charge on any atom is 0.280 e. The van der Waals surface area contributed by atoms with E-state index in [0.29, 0.717) is 17.8 Å². The molecule has 28 heavy (non-hydrogen) atoms. The Hall–Kier alpha value is -3.13. The number of aromatic nitrogens is 3. The molecule has 3 aromatic heterocycles. The fourth-order valence-corrected chi connectivity index (χ4v) is 3.49. The van der Waals surface area contributed by atoms with Crippen molar-refractivity contribution in [2.45, 2.75) is 19.9 Å². The summed E-state index contributed by atoms with van der Waals surface area (Å²) in [4.78, 5) is 18.0. The van der Waals surface area contributed by atoms with Crippen molar-refractivity contribution in [3.63, 3.8) is 0 Å². The smallest absolute Gasteiger partial charge is 0.280 e. The van der Waals surface area contributed by atoms with Crippen LogP contribution in [-0.2, 0) is 6.54 Å². The van der Waals surface area contributed by atoms with Crippen molar-refractivity contribution in [2.75, 3.05) is 0 Å². The van der Waals surface area contributed by atoms with E-state index in [1.165, 1.54) is 23.6 Å². The fourth-order valence-electron chi connectivity index (χ4n) is 2.85. The number of alkyl halides is 2. The maximum absolute atomic E-state index is 13.6. The van der Waals surface area contributed by atoms with E-state index in [4.69, 9.17) is 0 Å². The lowest BCUT2D eigenvalue weighted by Crippen LogP contribution is -2.22. The number of hydrogen-bond donors (Lipinski definition) is 1. The minimum atomic E-state index is -2.75. The first-order valence-electron chi connectivity index (χ1n) is 8.57. The van der Waals surface area contributed by atoms with Gasteiger partial charge in [-0.05, 0) is 24.4 Å². The molecule has 0 bridgehead atoms. The van der Waals surface area contributed by atoms with E-state index in [0.717, 1.165) is 15.0 Å². The van der Waals surface area contributed by atoms with Crippen LogP contribution in [0.25, 0.3) is 16.9 Å². The number of carbonyl (C=O) groups is 1. The molecule has 0 aliphatic rings. The molecule has 5 nitrogen and oxygen atoms in total. The van der Waals surface area contributed by atoms with Gasteiger partial charge in [0.15, 0.2) is 5.65 Å². The van der Waals surface area contributed by atoms with Crippen LogP contribution in [0.1, 0.15) is 32.9 Å². The van der Waals surface area contributed by atoms with Crippen LogP contribution in [0.15, 0.2) is 54.0 Å². The SMILES string of the molecule is Cc1ccc(-c2cc(C(F)F)n3ncc(C(=O)NCc4cccs4)c3n2)cc1. The minimum absolute atomic E-state index is 0.108. The molecule has 0 saturated heterocycles. The van der Waals surface area contributed by atoms with Gasteiger partial charge >= 0.3 is 0 Å². The molecule has 1 amide bonds. The molecule has 0 aliphatic heterocycles. The van der Waals surface area contributed by atoms with Gasteiger partial charge in [0, 0.05) is 10.4 Å². The van der Waals surface area contributed by atoms with Crippen LogP contribution in [-0.4, -0.2) is 20.5 Å². The van der Waals surface area contributed by atoms with E-state index in [9.17, 15) is 13.6 Å². The quantitative estimate of drug-likeness (QED) is 0.533. The highest BCUT2D eigenvalue weighted by atomic mass is 32.1. The number of amides is 1. The zero-order valence-electron chi connectivity index (χ0n) is 14.9. The molecular weight excluding hydrogens is 382 g/mol. The van der Waals surface area contributed by atoms with Gasteiger partial charge in [0.25, 0.3) is 12.3 Å². The number of hydrogen-bond acceptors (Lipinski definition) is 4. The Bertz CT molecular complexity index is 1120. The Labute approximate surface area is 163 Å². The summed E-state index contributed by atoms with van der Waals surface area (Å²) in [5.41, 5.74) is 2.08. The standard InChI is InChI=1S/C20H16F2N4OS/c1-12-4-6-13(7-5-12)16-9-17(18(21)22)26-19(25-16)15(11-24-26)20(27)23-10-14-3-2-8-28-14/h2-9,11,18H,10H2,1H3,(H,23,27). The molecular formula is C20H16F2N4OS. The van der Waals surface area contributed by atoms with Gasteiger partial charge in [-0.15, -0.1) is 11.3 Å². The summed E-state index contributed by atoms with van der Waals surface area (Å²) in [7, 11) is 0. The normalized spacial score (nSPS) is 11.3. The van der Waals surface area contributed by atoms with E-state index < -0.39 is 12.3 Å². The average Bonchev–Trinajstić information content (AvgIpc) is 3.35. The second-order valence-electron chi connectivity index (χ2n) is 6.29. The highest BCUT2D eigenvalue weighted by Crippen LogP contribution is 2.27. The Morgan fingerprint density at radius 3 is 2.71 bits per heavy atom. The number of aryl methyl sites for hydroxylation is 1. The van der Waals surface area contributed by atoms with Crippen molar-refractivity contribution in [1.82, 2.24) is 19.9 Å². The van der Waals surface area contributed by atoms with Gasteiger partial charge in [0.2, 0.25) is 0 Å². The van der Waals surface area contributed by atoms with Gasteiger partial charge in [-0.3, -0.25) is 4.79 Å². The fraction of sp³-hybridized carbons (Fsp3) is 0.150. The molecule has 0 atom stereocenters. The van der Waals surface area contributed by atoms with Crippen LogP contribution in [0.2, 0.25) is 0 Å². The van der Waals surface area contributed by atoms with Gasteiger partial charge < -0.3 is 5.32 Å². The molecule has 0 spiro atoms. The summed E-state index contributed by atoms with van der Waals surface area (Å²) < 4.78 is 28.3. The number of carbonyl (C=O) groups excluding carboxylic acids is 1. The summed E-state index contributed by atoms with van der Waals surface area (Å²) in [5.74, 6) is -0.405. The lowest BCUT2D eigenvalue weighted by Gasteiger charge is -2.09. The lowest BCUT2D eigenvalue weighted by atomic mass is 10.1. The number of nitrogens with one attached hydrogen (secondary N) is 1. The van der Waals surface area contributed by atoms with E-state index in [1.54, 1.807) is 0 Å². The summed E-state index contributed by atoms with van der Waals surface area (Å²) in [6.45, 7) is 2.30. The van der Waals surface area contributed by atoms with Crippen LogP contribution in [0.4, 0.5) is 8.78 Å². The Morgan fingerprint density at radius 1 is 1.25 bits per heavy atom. The number of nitrogens with zero attached hydrogens (tertiary/aromatic N) is 3. The highest BCUT2D eigenvalue weighted by Gasteiger charge is 2.21. The average molecular weight is 398 g/mol. The topological polar surface area (TPSA) is 59.3 Å². The van der Waals surface area contributed by atoms with E-state index in [1.807, 2.05) is 48.7 Å². The number of thiophene rings is 1. The van der Waals surface area contributed by atoms with Gasteiger partial charge in [0.05, 0.1) is 18.4 Å². The summed E-state index contributed by atoms with van der Waals surface area (Å²) in [6, 6.07) is 12.5. The van der Waals surface area contributed by atoms with Crippen molar-refractivity contribution in [1.29, 1.82) is 0 Å². The highest BCUT2D eigenvalue weighted by molar-refractivity contribution is 7.09. The van der Waals surface area contributed by atoms with Gasteiger partial charge in [0.1, 0.15) is 11.3 Å². The van der Waals surface area contributed by atoms with Gasteiger partial charge in [-0.2, -0.15) is 5.10 Å². The van der Waals surface area contributed by atoms with Crippen LogP contribution in [0, 0.1) is 6.92 Å². The van der Waals surface area contributed by atoms with Crippen molar-refractivity contribution < 1.29 is 13.6 Å². The number of fused-ring (bicyclic) bond motifs is 1. The molecule has 8 heteroatoms. The van der Waals surface area contributed by atoms with E-state index >= 15 is 0 Å². The monoisotopic (exact) mass is 398 g/mol.